The number of nitrogens with zero attached hydrogens (tertiary/aromatic N) is 3. The number of hydrogen-bond donors (Lipinski definition) is 1. The number of rotatable bonds is 5. The summed E-state index contributed by atoms with van der Waals surface area (Å²) in [5.41, 5.74) is 2.90. The Balaban J connectivity index is 1.69. The molecule has 0 bridgehead atoms. The van der Waals surface area contributed by atoms with Gasteiger partial charge in [-0.1, -0.05) is 30.3 Å². The molecule has 7 heteroatoms. The molecule has 0 aliphatic rings. The molecule has 0 unspecified atom stereocenters. The lowest BCUT2D eigenvalue weighted by atomic mass is 10.2. The highest BCUT2D eigenvalue weighted by Gasteiger charge is 2.08. The lowest BCUT2D eigenvalue weighted by Crippen LogP contribution is -2.08. The van der Waals surface area contributed by atoms with Crippen LogP contribution in [0.25, 0.3) is 17.5 Å². The molecule has 0 fully saturated rings. The first-order valence-corrected chi connectivity index (χ1v) is 8.14. The molecule has 0 atom stereocenters. The van der Waals surface area contributed by atoms with E-state index in [0.717, 1.165) is 11.3 Å². The van der Waals surface area contributed by atoms with Crippen molar-refractivity contribution in [2.75, 3.05) is 5.32 Å². The Hall–Kier alpha value is -3.87. The minimum atomic E-state index is -0.465. The lowest BCUT2D eigenvalue weighted by molar-refractivity contribution is -0.384. The van der Waals surface area contributed by atoms with E-state index < -0.39 is 4.92 Å². The maximum absolute atomic E-state index is 12.0. The molecule has 27 heavy (non-hydrogen) atoms. The summed E-state index contributed by atoms with van der Waals surface area (Å²) in [4.78, 5) is 30.8. The number of anilines is 1. The molecule has 0 aliphatic carbocycles. The number of nitro groups is 1. The molecule has 0 radical (unpaired) electrons. The molecular weight excluding hydrogens is 344 g/mol. The molecule has 1 N–H and O–H groups in total. The smallest absolute Gasteiger partial charge is 0.270 e. The van der Waals surface area contributed by atoms with Crippen LogP contribution in [-0.4, -0.2) is 20.8 Å². The van der Waals surface area contributed by atoms with Crippen LogP contribution in [0.3, 0.4) is 0 Å². The van der Waals surface area contributed by atoms with Gasteiger partial charge in [0.2, 0.25) is 5.91 Å². The van der Waals surface area contributed by atoms with Gasteiger partial charge in [0.1, 0.15) is 0 Å². The third-order valence-corrected chi connectivity index (χ3v) is 3.82. The molecule has 3 aromatic rings. The van der Waals surface area contributed by atoms with Gasteiger partial charge in [0.05, 0.1) is 4.92 Å². The first-order valence-electron chi connectivity index (χ1n) is 8.14. The molecular formula is C20H16N4O3. The molecule has 3 rings (SSSR count). The zero-order chi connectivity index (χ0) is 19.2. The Morgan fingerprint density at radius 1 is 1.11 bits per heavy atom. The second-order valence-electron chi connectivity index (χ2n) is 5.78. The molecule has 7 nitrogen and oxygen atoms in total. The van der Waals surface area contributed by atoms with E-state index in [9.17, 15) is 14.9 Å². The molecule has 0 saturated heterocycles. The van der Waals surface area contributed by atoms with E-state index in [2.05, 4.69) is 15.3 Å². The molecule has 0 saturated carbocycles. The molecule has 0 aliphatic heterocycles. The second-order valence-corrected chi connectivity index (χ2v) is 5.78. The summed E-state index contributed by atoms with van der Waals surface area (Å²) >= 11 is 0. The van der Waals surface area contributed by atoms with E-state index in [1.165, 1.54) is 18.2 Å². The largest absolute Gasteiger partial charge is 0.322 e. The fourth-order valence-electron chi connectivity index (χ4n) is 2.39. The third-order valence-electron chi connectivity index (χ3n) is 3.82. The third kappa shape index (κ3) is 4.60. The SMILES string of the molecule is Cc1ccccc1NC(=O)C=Cc1cnc(-c2cccc([N+](=O)[O-])c2)nc1. The minimum Gasteiger partial charge on any atom is -0.322 e. The zero-order valence-electron chi connectivity index (χ0n) is 14.5. The first kappa shape index (κ1) is 17.9. The monoisotopic (exact) mass is 360 g/mol. The Kier molecular flexibility index (Phi) is 5.32. The van der Waals surface area contributed by atoms with E-state index in [-0.39, 0.29) is 11.6 Å². The van der Waals surface area contributed by atoms with Gasteiger partial charge in [-0.25, -0.2) is 9.97 Å². The zero-order valence-corrected chi connectivity index (χ0v) is 14.5. The van der Waals surface area contributed by atoms with E-state index in [0.29, 0.717) is 17.0 Å². The van der Waals surface area contributed by atoms with E-state index in [4.69, 9.17) is 0 Å². The minimum absolute atomic E-state index is 0.0204. The van der Waals surface area contributed by atoms with Gasteiger partial charge in [0, 0.05) is 47.4 Å². The maximum Gasteiger partial charge on any atom is 0.270 e. The van der Waals surface area contributed by atoms with Crippen LogP contribution in [0.1, 0.15) is 11.1 Å². The molecule has 1 amide bonds. The van der Waals surface area contributed by atoms with E-state index in [1.807, 2.05) is 31.2 Å². The predicted molar refractivity (Wildman–Crippen MR) is 103 cm³/mol. The van der Waals surface area contributed by atoms with Crippen molar-refractivity contribution in [1.82, 2.24) is 9.97 Å². The number of aryl methyl sites for hydroxylation is 1. The van der Waals surface area contributed by atoms with Crippen molar-refractivity contribution in [3.63, 3.8) is 0 Å². The van der Waals surface area contributed by atoms with Gasteiger partial charge in [-0.15, -0.1) is 0 Å². The van der Waals surface area contributed by atoms with Crippen LogP contribution in [-0.2, 0) is 4.79 Å². The number of nitro benzene ring substituents is 1. The van der Waals surface area contributed by atoms with Gasteiger partial charge in [-0.05, 0) is 24.6 Å². The highest BCUT2D eigenvalue weighted by Crippen LogP contribution is 2.20. The molecule has 1 heterocycles. The number of aromatic nitrogens is 2. The first-order chi connectivity index (χ1) is 13.0. The quantitative estimate of drug-likeness (QED) is 0.421. The predicted octanol–water partition coefficient (Wildman–Crippen LogP) is 4.01. The number of non-ortho nitro benzene ring substituents is 1. The van der Waals surface area contributed by atoms with Crippen molar-refractivity contribution in [2.24, 2.45) is 0 Å². The number of para-hydroxylation sites is 1. The standard InChI is InChI=1S/C20H16N4O3/c1-14-5-2-3-8-18(14)23-19(25)10-9-15-12-21-20(22-13-15)16-6-4-7-17(11-16)24(26)27/h2-13H,1H3,(H,23,25). The Labute approximate surface area is 155 Å². The van der Waals surface area contributed by atoms with Crippen molar-refractivity contribution in [2.45, 2.75) is 6.92 Å². The van der Waals surface area contributed by atoms with Crippen LogP contribution in [0, 0.1) is 17.0 Å². The van der Waals surface area contributed by atoms with Crippen molar-refractivity contribution in [1.29, 1.82) is 0 Å². The van der Waals surface area contributed by atoms with Gasteiger partial charge < -0.3 is 5.32 Å². The highest BCUT2D eigenvalue weighted by atomic mass is 16.6. The van der Waals surface area contributed by atoms with Crippen LogP contribution in [0.4, 0.5) is 11.4 Å². The van der Waals surface area contributed by atoms with Crippen molar-refractivity contribution in [3.8, 4) is 11.4 Å². The summed E-state index contributed by atoms with van der Waals surface area (Å²) in [5.74, 6) is 0.118. The fraction of sp³-hybridized carbons (Fsp3) is 0.0500. The van der Waals surface area contributed by atoms with E-state index >= 15 is 0 Å². The second kappa shape index (κ2) is 8.01. The lowest BCUT2D eigenvalue weighted by Gasteiger charge is -2.05. The number of carbonyl (C=O) groups is 1. The number of benzene rings is 2. The summed E-state index contributed by atoms with van der Waals surface area (Å²) in [7, 11) is 0. The topological polar surface area (TPSA) is 98.0 Å². The van der Waals surface area contributed by atoms with Gasteiger partial charge in [0.25, 0.3) is 5.69 Å². The molecule has 2 aromatic carbocycles. The number of hydrogen-bond acceptors (Lipinski definition) is 5. The van der Waals surface area contributed by atoms with Gasteiger partial charge in [-0.3, -0.25) is 14.9 Å². The fourth-order valence-corrected chi connectivity index (χ4v) is 2.39. The molecule has 0 spiro atoms. The van der Waals surface area contributed by atoms with Crippen molar-refractivity contribution in [3.05, 3.63) is 88.2 Å². The molecule has 134 valence electrons. The van der Waals surface area contributed by atoms with Crippen LogP contribution in [0.15, 0.2) is 67.0 Å². The van der Waals surface area contributed by atoms with Crippen LogP contribution in [0.2, 0.25) is 0 Å². The number of nitrogens with one attached hydrogen (secondary N) is 1. The van der Waals surface area contributed by atoms with Crippen LogP contribution >= 0.6 is 0 Å². The summed E-state index contributed by atoms with van der Waals surface area (Å²) < 4.78 is 0. The Bertz CT molecular complexity index is 1010. The average molecular weight is 360 g/mol. The summed E-state index contributed by atoms with van der Waals surface area (Å²) in [6, 6.07) is 13.6. The normalized spacial score (nSPS) is 10.7. The summed E-state index contributed by atoms with van der Waals surface area (Å²) in [6.45, 7) is 1.92. The summed E-state index contributed by atoms with van der Waals surface area (Å²) in [5, 5.41) is 13.7. The van der Waals surface area contributed by atoms with Gasteiger partial charge in [0.15, 0.2) is 5.82 Å². The van der Waals surface area contributed by atoms with Crippen molar-refractivity contribution >= 4 is 23.4 Å². The van der Waals surface area contributed by atoms with Crippen molar-refractivity contribution < 1.29 is 9.72 Å². The van der Waals surface area contributed by atoms with Gasteiger partial charge >= 0.3 is 0 Å². The average Bonchev–Trinajstić information content (AvgIpc) is 2.69. The number of carbonyl (C=O) groups excluding carboxylic acids is 1. The Morgan fingerprint density at radius 2 is 1.85 bits per heavy atom. The highest BCUT2D eigenvalue weighted by molar-refractivity contribution is 6.02. The number of amides is 1. The Morgan fingerprint density at radius 3 is 2.56 bits per heavy atom. The van der Waals surface area contributed by atoms with Crippen LogP contribution < -0.4 is 5.32 Å². The molecule has 1 aromatic heterocycles. The van der Waals surface area contributed by atoms with E-state index in [1.54, 1.807) is 30.6 Å². The maximum atomic E-state index is 12.0. The van der Waals surface area contributed by atoms with Crippen LogP contribution in [0.5, 0.6) is 0 Å². The summed E-state index contributed by atoms with van der Waals surface area (Å²) in [6.07, 6.45) is 6.11. The van der Waals surface area contributed by atoms with Gasteiger partial charge in [-0.2, -0.15) is 0 Å².